The van der Waals surface area contributed by atoms with Crippen LogP contribution in [-0.2, 0) is 6.54 Å². The van der Waals surface area contributed by atoms with E-state index >= 15 is 0 Å². The third kappa shape index (κ3) is 2.89. The molecular weight excluding hydrogens is 284 g/mol. The molecule has 1 aliphatic heterocycles. The Bertz CT molecular complexity index is 664. The van der Waals surface area contributed by atoms with Crippen LogP contribution in [0.5, 0.6) is 0 Å². The van der Waals surface area contributed by atoms with Crippen molar-refractivity contribution in [2.45, 2.75) is 38.8 Å². The van der Waals surface area contributed by atoms with Crippen LogP contribution in [0.15, 0.2) is 22.9 Å². The molecule has 118 valence electrons. The third-order valence-corrected chi connectivity index (χ3v) is 4.04. The van der Waals surface area contributed by atoms with Crippen molar-refractivity contribution in [3.05, 3.63) is 35.5 Å². The highest BCUT2D eigenvalue weighted by atomic mass is 16.3. The predicted molar refractivity (Wildman–Crippen MR) is 78.3 cm³/mol. The summed E-state index contributed by atoms with van der Waals surface area (Å²) in [5.41, 5.74) is -0.406. The molecule has 0 spiro atoms. The summed E-state index contributed by atoms with van der Waals surface area (Å²) in [6.07, 6.45) is 4.68. The largest absolute Gasteiger partial charge is 0.466 e. The zero-order valence-corrected chi connectivity index (χ0v) is 12.8. The number of rotatable bonds is 3. The monoisotopic (exact) mass is 304 g/mol. The molecule has 1 aliphatic rings. The minimum Gasteiger partial charge on any atom is -0.466 e. The fourth-order valence-corrected chi connectivity index (χ4v) is 3.05. The Morgan fingerprint density at radius 3 is 2.95 bits per heavy atom. The second kappa shape index (κ2) is 5.57. The molecule has 3 heterocycles. The molecule has 1 unspecified atom stereocenters. The molecule has 0 radical (unpaired) electrons. The van der Waals surface area contributed by atoms with E-state index in [1.807, 2.05) is 6.92 Å². The van der Waals surface area contributed by atoms with E-state index in [1.54, 1.807) is 35.0 Å². The third-order valence-electron chi connectivity index (χ3n) is 4.04. The number of nitrogens with zero attached hydrogens (tertiary/aromatic N) is 4. The van der Waals surface area contributed by atoms with E-state index in [9.17, 15) is 9.90 Å². The van der Waals surface area contributed by atoms with Gasteiger partial charge in [0.1, 0.15) is 17.1 Å². The molecule has 0 saturated carbocycles. The first-order chi connectivity index (χ1) is 10.5. The van der Waals surface area contributed by atoms with Gasteiger partial charge in [-0.15, -0.1) is 5.10 Å². The number of aliphatic hydroxyl groups is 1. The van der Waals surface area contributed by atoms with E-state index in [2.05, 4.69) is 10.3 Å². The number of carbonyl (C=O) groups excluding carboxylic acids is 1. The second-order valence-corrected chi connectivity index (χ2v) is 5.98. The second-order valence-electron chi connectivity index (χ2n) is 5.98. The van der Waals surface area contributed by atoms with Crippen molar-refractivity contribution in [1.82, 2.24) is 19.9 Å². The summed E-state index contributed by atoms with van der Waals surface area (Å²) >= 11 is 0. The number of β-amino-alcohol motifs (C(OH)–C–C–N with tert-alkyl or cyclic N) is 1. The van der Waals surface area contributed by atoms with Gasteiger partial charge in [-0.1, -0.05) is 5.21 Å². The van der Waals surface area contributed by atoms with Crippen molar-refractivity contribution < 1.29 is 14.3 Å². The number of amides is 1. The summed E-state index contributed by atoms with van der Waals surface area (Å²) in [4.78, 5) is 14.3. The molecule has 2 aromatic heterocycles. The first-order valence-corrected chi connectivity index (χ1v) is 7.40. The van der Waals surface area contributed by atoms with Gasteiger partial charge in [0, 0.05) is 12.7 Å². The molecule has 1 atom stereocenters. The molecule has 22 heavy (non-hydrogen) atoms. The quantitative estimate of drug-likeness (QED) is 0.919. The highest BCUT2D eigenvalue weighted by Crippen LogP contribution is 2.25. The lowest BCUT2D eigenvalue weighted by Gasteiger charge is -2.39. The van der Waals surface area contributed by atoms with Gasteiger partial charge in [0.2, 0.25) is 0 Å². The van der Waals surface area contributed by atoms with Crippen molar-refractivity contribution in [2.24, 2.45) is 0 Å². The van der Waals surface area contributed by atoms with Crippen LogP contribution < -0.4 is 0 Å². The van der Waals surface area contributed by atoms with Crippen molar-refractivity contribution >= 4 is 5.91 Å². The minimum atomic E-state index is -0.978. The lowest BCUT2D eigenvalue weighted by Crippen LogP contribution is -2.52. The first-order valence-electron chi connectivity index (χ1n) is 7.40. The van der Waals surface area contributed by atoms with E-state index < -0.39 is 5.60 Å². The molecule has 0 bridgehead atoms. The summed E-state index contributed by atoms with van der Waals surface area (Å²) < 4.78 is 7.03. The molecule has 3 rings (SSSR count). The van der Waals surface area contributed by atoms with E-state index in [0.29, 0.717) is 30.8 Å². The molecular formula is C15H20N4O3. The van der Waals surface area contributed by atoms with Gasteiger partial charge in [-0.2, -0.15) is 0 Å². The normalized spacial score (nSPS) is 22.0. The number of likely N-dealkylation sites (tertiary alicyclic amines) is 1. The van der Waals surface area contributed by atoms with Gasteiger partial charge >= 0.3 is 0 Å². The zero-order valence-electron chi connectivity index (χ0n) is 12.8. The summed E-state index contributed by atoms with van der Waals surface area (Å²) in [7, 11) is 0. The van der Waals surface area contributed by atoms with Crippen LogP contribution in [0.1, 0.15) is 34.7 Å². The van der Waals surface area contributed by atoms with Gasteiger partial charge in [0.15, 0.2) is 0 Å². The highest BCUT2D eigenvalue weighted by Gasteiger charge is 2.36. The Balaban J connectivity index is 1.75. The summed E-state index contributed by atoms with van der Waals surface area (Å²) in [5.74, 6) is 1.25. The molecule has 2 aromatic rings. The van der Waals surface area contributed by atoms with E-state index in [4.69, 9.17) is 4.42 Å². The first kappa shape index (κ1) is 14.8. The number of aryl methyl sites for hydroxylation is 2. The molecule has 7 nitrogen and oxygen atoms in total. The van der Waals surface area contributed by atoms with Gasteiger partial charge in [-0.05, 0) is 32.8 Å². The number of piperidine rings is 1. The SMILES string of the molecule is Cc1cc(C(=O)N2CCCC(O)(Cn3ccnn3)C2)c(C)o1. The van der Waals surface area contributed by atoms with Crippen molar-refractivity contribution in [1.29, 1.82) is 0 Å². The highest BCUT2D eigenvalue weighted by molar-refractivity contribution is 5.95. The Labute approximate surface area is 128 Å². The number of furan rings is 1. The van der Waals surface area contributed by atoms with Gasteiger partial charge in [-0.25, -0.2) is 4.68 Å². The Morgan fingerprint density at radius 2 is 2.32 bits per heavy atom. The van der Waals surface area contributed by atoms with Crippen LogP contribution in [0, 0.1) is 13.8 Å². The molecule has 1 saturated heterocycles. The molecule has 0 aliphatic carbocycles. The molecule has 1 N–H and O–H groups in total. The van der Waals surface area contributed by atoms with E-state index in [1.165, 1.54) is 0 Å². The van der Waals surface area contributed by atoms with Gasteiger partial charge in [-0.3, -0.25) is 4.79 Å². The fraction of sp³-hybridized carbons (Fsp3) is 0.533. The average molecular weight is 304 g/mol. The molecule has 1 fully saturated rings. The zero-order chi connectivity index (χ0) is 15.7. The smallest absolute Gasteiger partial charge is 0.257 e. The topological polar surface area (TPSA) is 84.4 Å². The predicted octanol–water partition coefficient (Wildman–Crippen LogP) is 1.16. The standard InChI is InChI=1S/C15H20N4O3/c1-11-8-13(12(2)22-11)14(20)18-6-3-4-15(21,9-18)10-19-7-5-16-17-19/h5,7-8,21H,3-4,6,9-10H2,1-2H3. The average Bonchev–Trinajstić information content (AvgIpc) is 3.07. The Hall–Kier alpha value is -2.15. The fourth-order valence-electron chi connectivity index (χ4n) is 3.05. The number of carbonyl (C=O) groups is 1. The maximum Gasteiger partial charge on any atom is 0.257 e. The van der Waals surface area contributed by atoms with Crippen LogP contribution in [-0.4, -0.2) is 49.6 Å². The van der Waals surface area contributed by atoms with Crippen molar-refractivity contribution in [2.75, 3.05) is 13.1 Å². The Morgan fingerprint density at radius 1 is 1.50 bits per heavy atom. The molecule has 7 heteroatoms. The van der Waals surface area contributed by atoms with Crippen molar-refractivity contribution in [3.63, 3.8) is 0 Å². The van der Waals surface area contributed by atoms with Gasteiger partial charge in [0.25, 0.3) is 5.91 Å². The molecule has 1 amide bonds. The maximum absolute atomic E-state index is 12.6. The number of hydrogen-bond acceptors (Lipinski definition) is 5. The van der Waals surface area contributed by atoms with Gasteiger partial charge in [0.05, 0.1) is 24.8 Å². The lowest BCUT2D eigenvalue weighted by molar-refractivity contribution is -0.0387. The maximum atomic E-state index is 12.6. The van der Waals surface area contributed by atoms with E-state index in [0.717, 1.165) is 12.2 Å². The van der Waals surface area contributed by atoms with Crippen LogP contribution >= 0.6 is 0 Å². The van der Waals surface area contributed by atoms with Crippen LogP contribution in [0.4, 0.5) is 0 Å². The number of aromatic nitrogens is 3. The Kier molecular flexibility index (Phi) is 3.74. The van der Waals surface area contributed by atoms with Crippen LogP contribution in [0.2, 0.25) is 0 Å². The van der Waals surface area contributed by atoms with Crippen molar-refractivity contribution in [3.8, 4) is 0 Å². The van der Waals surface area contributed by atoms with Crippen LogP contribution in [0.25, 0.3) is 0 Å². The number of hydrogen-bond donors (Lipinski definition) is 1. The lowest BCUT2D eigenvalue weighted by atomic mass is 9.92. The summed E-state index contributed by atoms with van der Waals surface area (Å²) in [6, 6.07) is 1.75. The summed E-state index contributed by atoms with van der Waals surface area (Å²) in [6.45, 7) is 4.87. The van der Waals surface area contributed by atoms with Crippen LogP contribution in [0.3, 0.4) is 0 Å². The minimum absolute atomic E-state index is 0.0916. The molecule has 0 aromatic carbocycles. The summed E-state index contributed by atoms with van der Waals surface area (Å²) in [5, 5.41) is 18.4. The van der Waals surface area contributed by atoms with Gasteiger partial charge < -0.3 is 14.4 Å². The van der Waals surface area contributed by atoms with E-state index in [-0.39, 0.29) is 12.5 Å².